The zero-order chi connectivity index (χ0) is 17.0. The lowest BCUT2D eigenvalue weighted by Gasteiger charge is -2.27. The van der Waals surface area contributed by atoms with Crippen LogP contribution in [-0.2, 0) is 21.6 Å². The van der Waals surface area contributed by atoms with E-state index in [0.717, 1.165) is 17.5 Å². The van der Waals surface area contributed by atoms with Crippen molar-refractivity contribution in [1.82, 2.24) is 5.32 Å². The molecule has 3 N–H and O–H groups in total. The van der Waals surface area contributed by atoms with Gasteiger partial charge in [-0.1, -0.05) is 36.4 Å². The molecule has 5 nitrogen and oxygen atoms in total. The zero-order valence-corrected chi connectivity index (χ0v) is 13.4. The molecule has 126 valence electrons. The van der Waals surface area contributed by atoms with Crippen molar-refractivity contribution in [2.24, 2.45) is 0 Å². The van der Waals surface area contributed by atoms with Crippen LogP contribution in [0.15, 0.2) is 48.5 Å². The van der Waals surface area contributed by atoms with Crippen molar-refractivity contribution in [2.45, 2.75) is 24.9 Å². The van der Waals surface area contributed by atoms with Crippen LogP contribution in [0.1, 0.15) is 24.0 Å². The molecule has 1 fully saturated rings. The minimum Gasteiger partial charge on any atom is -0.504 e. The summed E-state index contributed by atoms with van der Waals surface area (Å²) in [5.74, 6) is -0.432. The van der Waals surface area contributed by atoms with Gasteiger partial charge in [0.1, 0.15) is 0 Å². The molecule has 24 heavy (non-hydrogen) atoms. The topological polar surface area (TPSA) is 78.8 Å². The van der Waals surface area contributed by atoms with Gasteiger partial charge in [-0.05, 0) is 42.5 Å². The normalized spacial score (nSPS) is 20.0. The second-order valence-electron chi connectivity index (χ2n) is 5.97. The molecule has 3 rings (SSSR count). The van der Waals surface area contributed by atoms with Gasteiger partial charge in [-0.25, -0.2) is 0 Å². The fraction of sp³-hybridized carbons (Fsp3) is 0.316. The Labute approximate surface area is 140 Å². The lowest BCUT2D eigenvalue weighted by Crippen LogP contribution is -2.44. The number of carbonyl (C=O) groups is 1. The van der Waals surface area contributed by atoms with Gasteiger partial charge in [-0.2, -0.15) is 0 Å². The Hall–Kier alpha value is -2.53. The number of phenols is 2. The quantitative estimate of drug-likeness (QED) is 0.737. The van der Waals surface area contributed by atoms with Gasteiger partial charge in [-0.15, -0.1) is 0 Å². The van der Waals surface area contributed by atoms with Crippen LogP contribution in [-0.4, -0.2) is 29.3 Å². The van der Waals surface area contributed by atoms with E-state index in [9.17, 15) is 15.0 Å². The monoisotopic (exact) mass is 327 g/mol. The molecule has 0 spiro atoms. The average Bonchev–Trinajstić information content (AvgIpc) is 3.10. The Morgan fingerprint density at radius 2 is 1.92 bits per heavy atom. The Morgan fingerprint density at radius 3 is 2.58 bits per heavy atom. The number of ether oxygens (including phenoxy) is 1. The average molecular weight is 327 g/mol. The third-order valence-corrected chi connectivity index (χ3v) is 4.37. The molecular weight excluding hydrogens is 306 g/mol. The molecule has 2 aromatic carbocycles. The molecule has 1 heterocycles. The Kier molecular flexibility index (Phi) is 4.71. The molecule has 2 aromatic rings. The first kappa shape index (κ1) is 16.3. The van der Waals surface area contributed by atoms with Crippen molar-refractivity contribution in [3.8, 4) is 11.5 Å². The highest BCUT2D eigenvalue weighted by Crippen LogP contribution is 2.36. The summed E-state index contributed by atoms with van der Waals surface area (Å²) in [5.41, 5.74) is 0.812. The number of hydrogen-bond acceptors (Lipinski definition) is 4. The highest BCUT2D eigenvalue weighted by atomic mass is 16.5. The van der Waals surface area contributed by atoms with Crippen LogP contribution in [0.3, 0.4) is 0 Å². The highest BCUT2D eigenvalue weighted by molar-refractivity contribution is 5.86. The van der Waals surface area contributed by atoms with E-state index >= 15 is 0 Å². The van der Waals surface area contributed by atoms with E-state index in [1.165, 1.54) is 12.1 Å². The number of nitrogens with one attached hydrogen (secondary N) is 1. The van der Waals surface area contributed by atoms with Gasteiger partial charge in [0.15, 0.2) is 17.1 Å². The van der Waals surface area contributed by atoms with Gasteiger partial charge in [-0.3, -0.25) is 4.79 Å². The molecule has 0 saturated carbocycles. The predicted molar refractivity (Wildman–Crippen MR) is 89.8 cm³/mol. The summed E-state index contributed by atoms with van der Waals surface area (Å²) >= 11 is 0. The molecule has 1 unspecified atom stereocenters. The molecule has 5 heteroatoms. The molecule has 0 aliphatic carbocycles. The fourth-order valence-electron chi connectivity index (χ4n) is 3.07. The first-order chi connectivity index (χ1) is 11.6. The predicted octanol–water partition coefficient (Wildman–Crippen LogP) is 2.46. The molecule has 0 aromatic heterocycles. The maximum Gasteiger partial charge on any atom is 0.256 e. The summed E-state index contributed by atoms with van der Waals surface area (Å²) in [5, 5.41) is 21.8. The molecule has 0 bridgehead atoms. The Bertz CT molecular complexity index is 709. The third-order valence-electron chi connectivity index (χ3n) is 4.37. The highest BCUT2D eigenvalue weighted by Gasteiger charge is 2.44. The third kappa shape index (κ3) is 3.21. The molecule has 1 aliphatic heterocycles. The van der Waals surface area contributed by atoms with Gasteiger partial charge >= 0.3 is 0 Å². The summed E-state index contributed by atoms with van der Waals surface area (Å²) in [6.07, 6.45) is 2.08. The van der Waals surface area contributed by atoms with Gasteiger partial charge in [0.25, 0.3) is 5.91 Å². The molecule has 1 atom stereocenters. The first-order valence-corrected chi connectivity index (χ1v) is 8.10. The number of benzene rings is 2. The maximum absolute atomic E-state index is 12.8. The lowest BCUT2D eigenvalue weighted by molar-refractivity contribution is -0.142. The van der Waals surface area contributed by atoms with Crippen molar-refractivity contribution in [3.05, 3.63) is 59.7 Å². The van der Waals surface area contributed by atoms with Gasteiger partial charge in [0.05, 0.1) is 0 Å². The summed E-state index contributed by atoms with van der Waals surface area (Å²) in [4.78, 5) is 12.8. The molecule has 1 saturated heterocycles. The van der Waals surface area contributed by atoms with E-state index in [2.05, 4.69) is 5.32 Å². The summed E-state index contributed by atoms with van der Waals surface area (Å²) in [6.45, 7) is 1.01. The Balaban J connectivity index is 1.65. The summed E-state index contributed by atoms with van der Waals surface area (Å²) < 4.78 is 5.84. The van der Waals surface area contributed by atoms with E-state index in [0.29, 0.717) is 26.0 Å². The maximum atomic E-state index is 12.8. The fourth-order valence-corrected chi connectivity index (χ4v) is 3.07. The minimum absolute atomic E-state index is 0.130. The van der Waals surface area contributed by atoms with E-state index in [-0.39, 0.29) is 17.4 Å². The van der Waals surface area contributed by atoms with E-state index in [1.807, 2.05) is 30.3 Å². The van der Waals surface area contributed by atoms with E-state index in [4.69, 9.17) is 4.74 Å². The molecule has 0 radical (unpaired) electrons. The van der Waals surface area contributed by atoms with Crippen LogP contribution in [0.25, 0.3) is 0 Å². The standard InChI is InChI=1S/C19H21NO4/c21-16-8-7-14(13-17(16)22)9-11-20-18(23)19(10-4-12-24-19)15-5-2-1-3-6-15/h1-3,5-8,13,21-22H,4,9-12H2,(H,20,23). The number of phenolic OH excluding ortho intramolecular Hbond substituents is 2. The van der Waals surface area contributed by atoms with Crippen LogP contribution >= 0.6 is 0 Å². The van der Waals surface area contributed by atoms with Crippen LogP contribution in [0.2, 0.25) is 0 Å². The van der Waals surface area contributed by atoms with Gasteiger partial charge in [0.2, 0.25) is 0 Å². The van der Waals surface area contributed by atoms with Crippen molar-refractivity contribution >= 4 is 5.91 Å². The first-order valence-electron chi connectivity index (χ1n) is 8.10. The van der Waals surface area contributed by atoms with Crippen LogP contribution in [0.4, 0.5) is 0 Å². The number of amides is 1. The van der Waals surface area contributed by atoms with Crippen LogP contribution in [0.5, 0.6) is 11.5 Å². The van der Waals surface area contributed by atoms with E-state index < -0.39 is 5.60 Å². The van der Waals surface area contributed by atoms with Crippen molar-refractivity contribution in [3.63, 3.8) is 0 Å². The largest absolute Gasteiger partial charge is 0.504 e. The zero-order valence-electron chi connectivity index (χ0n) is 13.4. The Morgan fingerprint density at radius 1 is 1.12 bits per heavy atom. The number of aromatic hydroxyl groups is 2. The molecule has 1 amide bonds. The van der Waals surface area contributed by atoms with Crippen molar-refractivity contribution in [1.29, 1.82) is 0 Å². The van der Waals surface area contributed by atoms with Crippen LogP contribution in [0, 0.1) is 0 Å². The second kappa shape index (κ2) is 6.93. The molecule has 1 aliphatic rings. The number of rotatable bonds is 5. The van der Waals surface area contributed by atoms with Gasteiger partial charge in [0, 0.05) is 13.2 Å². The van der Waals surface area contributed by atoms with Crippen molar-refractivity contribution in [2.75, 3.05) is 13.2 Å². The van der Waals surface area contributed by atoms with E-state index in [1.54, 1.807) is 6.07 Å². The second-order valence-corrected chi connectivity index (χ2v) is 5.97. The molecular formula is C19H21NO4. The summed E-state index contributed by atoms with van der Waals surface area (Å²) in [7, 11) is 0. The van der Waals surface area contributed by atoms with Gasteiger partial charge < -0.3 is 20.3 Å². The summed E-state index contributed by atoms with van der Waals surface area (Å²) in [6, 6.07) is 14.2. The minimum atomic E-state index is -0.904. The van der Waals surface area contributed by atoms with Crippen molar-refractivity contribution < 1.29 is 19.7 Å². The van der Waals surface area contributed by atoms with Crippen LogP contribution < -0.4 is 5.32 Å². The number of carbonyl (C=O) groups excluding carboxylic acids is 1. The smallest absolute Gasteiger partial charge is 0.256 e. The number of hydrogen-bond donors (Lipinski definition) is 3. The lowest BCUT2D eigenvalue weighted by atomic mass is 9.90. The SMILES string of the molecule is O=C(NCCc1ccc(O)c(O)c1)C1(c2ccccc2)CCCO1.